The van der Waals surface area contributed by atoms with Gasteiger partial charge in [0.2, 0.25) is 0 Å². The number of aryl methyl sites for hydroxylation is 1. The highest BCUT2D eigenvalue weighted by Crippen LogP contribution is 2.25. The smallest absolute Gasteiger partial charge is 0.251 e. The lowest BCUT2D eigenvalue weighted by atomic mass is 10.1. The quantitative estimate of drug-likeness (QED) is 0.762. The number of nitrogens with zero attached hydrogens (tertiary/aromatic N) is 2. The molecule has 74 valence electrons. The maximum atomic E-state index is 12.3. The molecule has 14 heavy (non-hydrogen) atoms. The second kappa shape index (κ2) is 4.34. The first-order chi connectivity index (χ1) is 6.56. The fourth-order valence-corrected chi connectivity index (χ4v) is 1.24. The lowest BCUT2D eigenvalue weighted by molar-refractivity contribution is 0.146. The number of alkyl halides is 2. The van der Waals surface area contributed by atoms with Gasteiger partial charge in [0.25, 0.3) is 6.43 Å². The van der Waals surface area contributed by atoms with E-state index in [4.69, 9.17) is 16.9 Å². The third-order valence-corrected chi connectivity index (χ3v) is 2.23. The van der Waals surface area contributed by atoms with Gasteiger partial charge in [0.15, 0.2) is 0 Å². The van der Waals surface area contributed by atoms with Crippen molar-refractivity contribution in [2.75, 3.05) is 0 Å². The molecular formula is C9H7ClF2N2. The van der Waals surface area contributed by atoms with Crippen LogP contribution in [0.2, 0.25) is 5.02 Å². The maximum Gasteiger partial charge on any atom is 0.280 e. The van der Waals surface area contributed by atoms with Crippen LogP contribution in [0.1, 0.15) is 23.4 Å². The molecule has 0 amide bonds. The number of hydrogen-bond donors (Lipinski definition) is 0. The Labute approximate surface area is 85.1 Å². The van der Waals surface area contributed by atoms with Gasteiger partial charge in [-0.1, -0.05) is 11.6 Å². The van der Waals surface area contributed by atoms with Crippen molar-refractivity contribution in [3.8, 4) is 6.07 Å². The summed E-state index contributed by atoms with van der Waals surface area (Å²) in [5.74, 6) is 0. The summed E-state index contributed by atoms with van der Waals surface area (Å²) in [6.45, 7) is 1.54. The molecule has 0 fully saturated rings. The van der Waals surface area contributed by atoms with Crippen LogP contribution in [-0.2, 0) is 6.42 Å². The van der Waals surface area contributed by atoms with Gasteiger partial charge >= 0.3 is 0 Å². The van der Waals surface area contributed by atoms with Crippen LogP contribution in [0.5, 0.6) is 0 Å². The van der Waals surface area contributed by atoms with Gasteiger partial charge in [-0.15, -0.1) is 0 Å². The average Bonchev–Trinajstić information content (AvgIpc) is 2.12. The first kappa shape index (κ1) is 10.9. The molecule has 1 aromatic rings. The third kappa shape index (κ3) is 2.18. The second-order valence-corrected chi connectivity index (χ2v) is 3.12. The van der Waals surface area contributed by atoms with Gasteiger partial charge in [0, 0.05) is 0 Å². The second-order valence-electron chi connectivity index (χ2n) is 2.74. The molecular weight excluding hydrogens is 210 g/mol. The standard InChI is InChI=1S/C9H7ClF2N2/c1-5-8(10)6(2-3-13)4-7(14-5)9(11)12/h4,9H,2H2,1H3. The van der Waals surface area contributed by atoms with Crippen molar-refractivity contribution in [2.24, 2.45) is 0 Å². The number of nitriles is 1. The lowest BCUT2D eigenvalue weighted by Crippen LogP contribution is -1.97. The molecule has 1 heterocycles. The fraction of sp³-hybridized carbons (Fsp3) is 0.333. The van der Waals surface area contributed by atoms with Gasteiger partial charge in [-0.25, -0.2) is 8.78 Å². The lowest BCUT2D eigenvalue weighted by Gasteiger charge is -2.06. The Morgan fingerprint density at radius 1 is 1.64 bits per heavy atom. The maximum absolute atomic E-state index is 12.3. The average molecular weight is 217 g/mol. The zero-order valence-electron chi connectivity index (χ0n) is 7.39. The topological polar surface area (TPSA) is 36.7 Å². The summed E-state index contributed by atoms with van der Waals surface area (Å²) < 4.78 is 24.6. The van der Waals surface area contributed by atoms with Crippen molar-refractivity contribution in [3.05, 3.63) is 28.0 Å². The van der Waals surface area contributed by atoms with E-state index in [1.54, 1.807) is 0 Å². The van der Waals surface area contributed by atoms with Crippen LogP contribution in [0.25, 0.3) is 0 Å². The summed E-state index contributed by atoms with van der Waals surface area (Å²) in [7, 11) is 0. The highest BCUT2D eigenvalue weighted by atomic mass is 35.5. The van der Waals surface area contributed by atoms with E-state index in [9.17, 15) is 8.78 Å². The minimum atomic E-state index is -2.64. The van der Waals surface area contributed by atoms with Crippen molar-refractivity contribution >= 4 is 11.6 Å². The Morgan fingerprint density at radius 2 is 2.29 bits per heavy atom. The summed E-state index contributed by atoms with van der Waals surface area (Å²) >= 11 is 5.79. The number of halogens is 3. The van der Waals surface area contributed by atoms with E-state index in [1.165, 1.54) is 13.0 Å². The summed E-state index contributed by atoms with van der Waals surface area (Å²) in [5, 5.41) is 8.74. The molecule has 0 unspecified atom stereocenters. The van der Waals surface area contributed by atoms with Gasteiger partial charge in [0.05, 0.1) is 23.2 Å². The number of rotatable bonds is 2. The monoisotopic (exact) mass is 216 g/mol. The van der Waals surface area contributed by atoms with Gasteiger partial charge in [-0.3, -0.25) is 4.98 Å². The first-order valence-corrected chi connectivity index (χ1v) is 4.25. The van der Waals surface area contributed by atoms with E-state index in [-0.39, 0.29) is 17.1 Å². The zero-order valence-corrected chi connectivity index (χ0v) is 8.15. The number of aromatic nitrogens is 1. The van der Waals surface area contributed by atoms with Crippen LogP contribution in [-0.4, -0.2) is 4.98 Å². The molecule has 0 aromatic carbocycles. The van der Waals surface area contributed by atoms with E-state index in [0.29, 0.717) is 11.3 Å². The van der Waals surface area contributed by atoms with E-state index in [0.717, 1.165) is 0 Å². The molecule has 1 rings (SSSR count). The Hall–Kier alpha value is -1.21. The zero-order chi connectivity index (χ0) is 10.7. The summed E-state index contributed by atoms with van der Waals surface area (Å²) in [4.78, 5) is 3.62. The molecule has 0 atom stereocenters. The molecule has 1 aromatic heterocycles. The minimum absolute atomic E-state index is 0.0158. The number of hydrogen-bond acceptors (Lipinski definition) is 2. The van der Waals surface area contributed by atoms with Crippen LogP contribution >= 0.6 is 11.6 Å². The highest BCUT2D eigenvalue weighted by Gasteiger charge is 2.13. The predicted molar refractivity (Wildman–Crippen MR) is 48.3 cm³/mol. The van der Waals surface area contributed by atoms with Crippen LogP contribution in [0, 0.1) is 18.3 Å². The van der Waals surface area contributed by atoms with E-state index in [1.807, 2.05) is 6.07 Å². The van der Waals surface area contributed by atoms with Crippen molar-refractivity contribution in [2.45, 2.75) is 19.8 Å². The van der Waals surface area contributed by atoms with Crippen molar-refractivity contribution in [1.29, 1.82) is 5.26 Å². The Bertz CT molecular complexity index is 385. The summed E-state index contributed by atoms with van der Waals surface area (Å²) in [6.07, 6.45) is -2.62. The van der Waals surface area contributed by atoms with E-state index in [2.05, 4.69) is 4.98 Å². The molecule has 0 spiro atoms. The largest absolute Gasteiger partial charge is 0.280 e. The minimum Gasteiger partial charge on any atom is -0.251 e. The SMILES string of the molecule is Cc1nc(C(F)F)cc(CC#N)c1Cl. The van der Waals surface area contributed by atoms with Crippen molar-refractivity contribution in [1.82, 2.24) is 4.98 Å². The molecule has 0 saturated carbocycles. The van der Waals surface area contributed by atoms with Crippen molar-refractivity contribution in [3.63, 3.8) is 0 Å². The van der Waals surface area contributed by atoms with E-state index >= 15 is 0 Å². The summed E-state index contributed by atoms with van der Waals surface area (Å²) in [5.41, 5.74) is 0.392. The molecule has 5 heteroatoms. The van der Waals surface area contributed by atoms with Crippen LogP contribution < -0.4 is 0 Å². The van der Waals surface area contributed by atoms with Crippen LogP contribution in [0.3, 0.4) is 0 Å². The Kier molecular flexibility index (Phi) is 3.37. The molecule has 0 aliphatic rings. The van der Waals surface area contributed by atoms with Gasteiger partial charge in [-0.05, 0) is 18.6 Å². The van der Waals surface area contributed by atoms with E-state index < -0.39 is 6.43 Å². The fourth-order valence-electron chi connectivity index (χ4n) is 1.07. The highest BCUT2D eigenvalue weighted by molar-refractivity contribution is 6.32. The first-order valence-electron chi connectivity index (χ1n) is 3.87. The van der Waals surface area contributed by atoms with Crippen LogP contribution in [0.4, 0.5) is 8.78 Å². The van der Waals surface area contributed by atoms with Crippen LogP contribution in [0.15, 0.2) is 6.07 Å². The Morgan fingerprint density at radius 3 is 2.79 bits per heavy atom. The molecule has 0 saturated heterocycles. The molecule has 2 nitrogen and oxygen atoms in total. The molecule has 0 N–H and O–H groups in total. The molecule has 0 aliphatic carbocycles. The molecule has 0 radical (unpaired) electrons. The van der Waals surface area contributed by atoms with Gasteiger partial charge in [-0.2, -0.15) is 5.26 Å². The van der Waals surface area contributed by atoms with Gasteiger partial charge in [0.1, 0.15) is 5.69 Å². The molecule has 0 bridgehead atoms. The third-order valence-electron chi connectivity index (χ3n) is 1.71. The predicted octanol–water partition coefficient (Wildman–Crippen LogP) is 3.05. The van der Waals surface area contributed by atoms with Gasteiger partial charge < -0.3 is 0 Å². The molecule has 0 aliphatic heterocycles. The number of pyridine rings is 1. The van der Waals surface area contributed by atoms with Crippen molar-refractivity contribution < 1.29 is 8.78 Å². The normalized spacial score (nSPS) is 10.3. The summed E-state index contributed by atoms with van der Waals surface area (Å²) in [6, 6.07) is 3.03. The Balaban J connectivity index is 3.22.